The number of rotatable bonds is 2. The summed E-state index contributed by atoms with van der Waals surface area (Å²) in [6.07, 6.45) is 1.58. The van der Waals surface area contributed by atoms with Crippen LogP contribution in [0.4, 0.5) is 0 Å². The van der Waals surface area contributed by atoms with Crippen LogP contribution < -0.4 is 11.5 Å². The first-order valence-corrected chi connectivity index (χ1v) is 2.94. The minimum atomic E-state index is 0.363. The zero-order valence-electron chi connectivity index (χ0n) is 5.49. The van der Waals surface area contributed by atoms with E-state index in [4.69, 9.17) is 11.5 Å². The first-order chi connectivity index (χ1) is 4.88. The van der Waals surface area contributed by atoms with Crippen molar-refractivity contribution >= 4 is 0 Å². The van der Waals surface area contributed by atoms with Crippen molar-refractivity contribution in [2.24, 2.45) is 11.5 Å². The van der Waals surface area contributed by atoms with E-state index in [2.05, 4.69) is 15.4 Å². The molecule has 0 atom stereocenters. The van der Waals surface area contributed by atoms with Gasteiger partial charge in [0.25, 0.3) is 0 Å². The molecule has 0 saturated heterocycles. The summed E-state index contributed by atoms with van der Waals surface area (Å²) in [6.45, 7) is 0.775. The number of hydrogen-bond donors (Lipinski definition) is 2. The molecular formula is C5H9N5. The lowest BCUT2D eigenvalue weighted by atomic mass is 10.2. The van der Waals surface area contributed by atoms with E-state index in [1.165, 1.54) is 0 Å². The molecule has 0 spiro atoms. The minimum absolute atomic E-state index is 0.363. The van der Waals surface area contributed by atoms with Gasteiger partial charge in [0.1, 0.15) is 0 Å². The molecule has 0 bridgehead atoms. The van der Waals surface area contributed by atoms with Crippen molar-refractivity contribution in [2.75, 3.05) is 0 Å². The molecule has 0 aromatic carbocycles. The molecule has 1 aromatic heterocycles. The molecule has 0 aliphatic rings. The first kappa shape index (κ1) is 7.04. The largest absolute Gasteiger partial charge is 0.326 e. The van der Waals surface area contributed by atoms with Crippen LogP contribution in [-0.2, 0) is 13.1 Å². The number of aromatic nitrogens is 3. The SMILES string of the molecule is NCc1cnnnc1CN. The Balaban J connectivity index is 2.96. The molecule has 1 aromatic rings. The van der Waals surface area contributed by atoms with Gasteiger partial charge in [0.15, 0.2) is 0 Å². The molecule has 0 unspecified atom stereocenters. The van der Waals surface area contributed by atoms with Crippen molar-refractivity contribution in [1.82, 2.24) is 15.4 Å². The molecule has 5 heteroatoms. The Bertz CT molecular complexity index is 188. The van der Waals surface area contributed by atoms with Gasteiger partial charge in [-0.05, 0) is 5.21 Å². The second-order valence-electron chi connectivity index (χ2n) is 1.81. The molecule has 1 rings (SSSR count). The molecular weight excluding hydrogens is 130 g/mol. The Morgan fingerprint density at radius 3 is 2.60 bits per heavy atom. The molecule has 0 fully saturated rings. The lowest BCUT2D eigenvalue weighted by molar-refractivity contribution is 0.773. The third-order valence-electron chi connectivity index (χ3n) is 1.21. The van der Waals surface area contributed by atoms with Gasteiger partial charge in [0.05, 0.1) is 11.9 Å². The summed E-state index contributed by atoms with van der Waals surface area (Å²) in [7, 11) is 0. The monoisotopic (exact) mass is 139 g/mol. The van der Waals surface area contributed by atoms with Gasteiger partial charge < -0.3 is 11.5 Å². The Labute approximate surface area is 58.4 Å². The van der Waals surface area contributed by atoms with Gasteiger partial charge in [-0.3, -0.25) is 0 Å². The van der Waals surface area contributed by atoms with E-state index in [9.17, 15) is 0 Å². The Hall–Kier alpha value is -1.07. The van der Waals surface area contributed by atoms with Gasteiger partial charge >= 0.3 is 0 Å². The molecule has 5 nitrogen and oxygen atoms in total. The van der Waals surface area contributed by atoms with Crippen LogP contribution in [0.25, 0.3) is 0 Å². The maximum absolute atomic E-state index is 5.36. The highest BCUT2D eigenvalue weighted by atomic mass is 15.3. The molecule has 0 radical (unpaired) electrons. The fraction of sp³-hybridized carbons (Fsp3) is 0.400. The van der Waals surface area contributed by atoms with E-state index in [-0.39, 0.29) is 0 Å². The van der Waals surface area contributed by atoms with Crippen LogP contribution in [0, 0.1) is 0 Å². The summed E-state index contributed by atoms with van der Waals surface area (Å²) in [6, 6.07) is 0. The number of nitrogens with two attached hydrogens (primary N) is 2. The summed E-state index contributed by atoms with van der Waals surface area (Å²) < 4.78 is 0. The summed E-state index contributed by atoms with van der Waals surface area (Å²) in [5.74, 6) is 0. The molecule has 4 N–H and O–H groups in total. The van der Waals surface area contributed by atoms with Crippen molar-refractivity contribution in [1.29, 1.82) is 0 Å². The second kappa shape index (κ2) is 3.19. The minimum Gasteiger partial charge on any atom is -0.326 e. The van der Waals surface area contributed by atoms with Gasteiger partial charge in [-0.2, -0.15) is 0 Å². The van der Waals surface area contributed by atoms with E-state index in [0.29, 0.717) is 13.1 Å². The van der Waals surface area contributed by atoms with Gasteiger partial charge in [-0.1, -0.05) is 0 Å². The zero-order valence-corrected chi connectivity index (χ0v) is 5.49. The van der Waals surface area contributed by atoms with Crippen molar-refractivity contribution in [3.8, 4) is 0 Å². The molecule has 0 amide bonds. The molecule has 0 saturated carbocycles. The maximum Gasteiger partial charge on any atom is 0.0845 e. The zero-order chi connectivity index (χ0) is 7.40. The van der Waals surface area contributed by atoms with Gasteiger partial charge in [0.2, 0.25) is 0 Å². The predicted octanol–water partition coefficient (Wildman–Crippen LogP) is -1.21. The fourth-order valence-electron chi connectivity index (χ4n) is 0.656. The first-order valence-electron chi connectivity index (χ1n) is 2.94. The quantitative estimate of drug-likeness (QED) is 0.536. The van der Waals surface area contributed by atoms with Crippen LogP contribution in [0.15, 0.2) is 6.20 Å². The average Bonchev–Trinajstić information content (AvgIpc) is 2.04. The number of hydrogen-bond acceptors (Lipinski definition) is 5. The third-order valence-corrected chi connectivity index (χ3v) is 1.21. The topological polar surface area (TPSA) is 90.7 Å². The van der Waals surface area contributed by atoms with E-state index in [1.807, 2.05) is 0 Å². The van der Waals surface area contributed by atoms with Gasteiger partial charge in [0, 0.05) is 18.7 Å². The Morgan fingerprint density at radius 1 is 1.30 bits per heavy atom. The summed E-state index contributed by atoms with van der Waals surface area (Å²) in [4.78, 5) is 0. The maximum atomic E-state index is 5.36. The highest BCUT2D eigenvalue weighted by Gasteiger charge is 1.98. The van der Waals surface area contributed by atoms with Crippen LogP contribution >= 0.6 is 0 Å². The number of nitrogens with zero attached hydrogens (tertiary/aromatic N) is 3. The normalized spacial score (nSPS) is 9.80. The predicted molar refractivity (Wildman–Crippen MR) is 35.6 cm³/mol. The highest BCUT2D eigenvalue weighted by Crippen LogP contribution is 1.98. The standard InChI is InChI=1S/C5H9N5/c6-1-4-3-8-10-9-5(4)2-7/h3H,1-2,6-7H2. The lowest BCUT2D eigenvalue weighted by Gasteiger charge is -1.98. The summed E-state index contributed by atoms with van der Waals surface area (Å²) >= 11 is 0. The van der Waals surface area contributed by atoms with Crippen LogP contribution in [0.3, 0.4) is 0 Å². The van der Waals surface area contributed by atoms with Gasteiger partial charge in [-0.25, -0.2) is 0 Å². The van der Waals surface area contributed by atoms with E-state index in [0.717, 1.165) is 11.3 Å². The van der Waals surface area contributed by atoms with E-state index >= 15 is 0 Å². The van der Waals surface area contributed by atoms with Crippen molar-refractivity contribution < 1.29 is 0 Å². The van der Waals surface area contributed by atoms with Crippen LogP contribution in [0.1, 0.15) is 11.3 Å². The molecule has 0 aliphatic carbocycles. The molecule has 0 aliphatic heterocycles. The summed E-state index contributed by atoms with van der Waals surface area (Å²) in [5, 5.41) is 10.7. The van der Waals surface area contributed by atoms with Crippen LogP contribution in [-0.4, -0.2) is 15.4 Å². The van der Waals surface area contributed by atoms with Crippen molar-refractivity contribution in [3.05, 3.63) is 17.5 Å². The lowest BCUT2D eigenvalue weighted by Crippen LogP contribution is -2.10. The smallest absolute Gasteiger partial charge is 0.0845 e. The third kappa shape index (κ3) is 1.26. The van der Waals surface area contributed by atoms with Gasteiger partial charge in [-0.15, -0.1) is 10.2 Å². The van der Waals surface area contributed by atoms with Crippen molar-refractivity contribution in [2.45, 2.75) is 13.1 Å². The van der Waals surface area contributed by atoms with E-state index < -0.39 is 0 Å². The molecule has 1 heterocycles. The summed E-state index contributed by atoms with van der Waals surface area (Å²) in [5.41, 5.74) is 12.3. The van der Waals surface area contributed by atoms with E-state index in [1.54, 1.807) is 6.20 Å². The van der Waals surface area contributed by atoms with Crippen LogP contribution in [0.2, 0.25) is 0 Å². The highest BCUT2D eigenvalue weighted by molar-refractivity contribution is 5.13. The molecule has 54 valence electrons. The Morgan fingerprint density at radius 2 is 2.10 bits per heavy atom. The molecule has 10 heavy (non-hydrogen) atoms. The van der Waals surface area contributed by atoms with Crippen LogP contribution in [0.5, 0.6) is 0 Å². The van der Waals surface area contributed by atoms with Crippen molar-refractivity contribution in [3.63, 3.8) is 0 Å². The second-order valence-corrected chi connectivity index (χ2v) is 1.81. The Kier molecular flexibility index (Phi) is 2.24. The fourth-order valence-corrected chi connectivity index (χ4v) is 0.656. The average molecular weight is 139 g/mol.